The molecule has 0 aliphatic rings. The Balaban J connectivity index is 2.60. The minimum absolute atomic E-state index is 0.184. The molecular weight excluding hydrogens is 275 g/mol. The summed E-state index contributed by atoms with van der Waals surface area (Å²) in [5.41, 5.74) is 1.40. The summed E-state index contributed by atoms with van der Waals surface area (Å²) in [5.74, 6) is -0.997. The molecule has 0 saturated carbocycles. The van der Waals surface area contributed by atoms with E-state index in [-0.39, 0.29) is 5.56 Å². The van der Waals surface area contributed by atoms with E-state index in [1.165, 1.54) is 10.9 Å². The second-order valence-electron chi connectivity index (χ2n) is 3.67. The number of rotatable bonds is 3. The van der Waals surface area contributed by atoms with Crippen molar-refractivity contribution >= 4 is 29.2 Å². The van der Waals surface area contributed by atoms with E-state index in [0.29, 0.717) is 27.8 Å². The third kappa shape index (κ3) is 2.21. The smallest absolute Gasteiger partial charge is 0.339 e. The van der Waals surface area contributed by atoms with Gasteiger partial charge in [0.2, 0.25) is 0 Å². The van der Waals surface area contributed by atoms with Gasteiger partial charge in [0.1, 0.15) is 5.56 Å². The summed E-state index contributed by atoms with van der Waals surface area (Å²) in [6, 6.07) is 4.99. The van der Waals surface area contributed by atoms with Crippen LogP contribution in [0.2, 0.25) is 10.0 Å². The fourth-order valence-electron chi connectivity index (χ4n) is 1.75. The number of carbonyl (C=O) groups is 1. The molecule has 0 atom stereocenters. The molecule has 0 saturated heterocycles. The maximum Gasteiger partial charge on any atom is 0.339 e. The molecule has 0 fully saturated rings. The van der Waals surface area contributed by atoms with Gasteiger partial charge in [0.05, 0.1) is 22.6 Å². The lowest BCUT2D eigenvalue weighted by atomic mass is 10.2. The average Bonchev–Trinajstić information content (AvgIpc) is 2.72. The Labute approximate surface area is 114 Å². The molecule has 18 heavy (non-hydrogen) atoms. The molecule has 2 aromatic rings. The molecule has 0 spiro atoms. The molecular formula is C12H10Cl2N2O2. The first-order valence-electron chi connectivity index (χ1n) is 5.30. The quantitative estimate of drug-likeness (QED) is 0.939. The van der Waals surface area contributed by atoms with Gasteiger partial charge in [-0.3, -0.25) is 0 Å². The molecule has 0 amide bonds. The van der Waals surface area contributed by atoms with Gasteiger partial charge < -0.3 is 5.11 Å². The first-order valence-corrected chi connectivity index (χ1v) is 6.05. The number of hydrogen-bond acceptors (Lipinski definition) is 2. The molecule has 0 radical (unpaired) electrons. The van der Waals surface area contributed by atoms with Crippen LogP contribution in [0.4, 0.5) is 0 Å². The fourth-order valence-corrected chi connectivity index (χ4v) is 2.24. The lowest BCUT2D eigenvalue weighted by molar-refractivity contribution is 0.0695. The van der Waals surface area contributed by atoms with E-state index >= 15 is 0 Å². The number of carboxylic acid groups (broad SMARTS) is 1. The van der Waals surface area contributed by atoms with Crippen LogP contribution in [0.5, 0.6) is 0 Å². The Morgan fingerprint density at radius 2 is 2.17 bits per heavy atom. The van der Waals surface area contributed by atoms with Crippen LogP contribution in [0.25, 0.3) is 5.69 Å². The van der Waals surface area contributed by atoms with Crippen molar-refractivity contribution in [1.82, 2.24) is 9.78 Å². The summed E-state index contributed by atoms with van der Waals surface area (Å²) in [5, 5.41) is 14.1. The molecule has 2 rings (SSSR count). The molecule has 0 unspecified atom stereocenters. The van der Waals surface area contributed by atoms with Crippen molar-refractivity contribution in [1.29, 1.82) is 0 Å². The zero-order valence-corrected chi connectivity index (χ0v) is 11.0. The van der Waals surface area contributed by atoms with Gasteiger partial charge in [-0.15, -0.1) is 0 Å². The van der Waals surface area contributed by atoms with E-state index in [4.69, 9.17) is 28.3 Å². The van der Waals surface area contributed by atoms with Crippen LogP contribution < -0.4 is 0 Å². The molecule has 1 aromatic heterocycles. The van der Waals surface area contributed by atoms with Crippen LogP contribution in [0.15, 0.2) is 24.4 Å². The SMILES string of the molecule is CCc1c(C(=O)O)cnn1-c1ccc(Cl)cc1Cl. The van der Waals surface area contributed by atoms with Crippen LogP contribution in [0, 0.1) is 0 Å². The molecule has 0 aliphatic carbocycles. The van der Waals surface area contributed by atoms with Gasteiger partial charge in [-0.05, 0) is 24.6 Å². The van der Waals surface area contributed by atoms with Gasteiger partial charge in [-0.2, -0.15) is 5.10 Å². The van der Waals surface area contributed by atoms with Gasteiger partial charge >= 0.3 is 5.97 Å². The number of benzene rings is 1. The molecule has 0 aliphatic heterocycles. The Morgan fingerprint density at radius 3 is 2.72 bits per heavy atom. The van der Waals surface area contributed by atoms with E-state index in [0.717, 1.165) is 0 Å². The lowest BCUT2D eigenvalue weighted by Crippen LogP contribution is -2.06. The van der Waals surface area contributed by atoms with Gasteiger partial charge in [-0.25, -0.2) is 9.48 Å². The molecule has 0 bridgehead atoms. The number of aromatic carboxylic acids is 1. The first-order chi connectivity index (χ1) is 8.54. The highest BCUT2D eigenvalue weighted by molar-refractivity contribution is 6.35. The van der Waals surface area contributed by atoms with Gasteiger partial charge in [0.25, 0.3) is 0 Å². The molecule has 4 nitrogen and oxygen atoms in total. The third-order valence-corrected chi connectivity index (χ3v) is 3.11. The molecule has 94 valence electrons. The Morgan fingerprint density at radius 1 is 1.44 bits per heavy atom. The molecule has 1 N–H and O–H groups in total. The topological polar surface area (TPSA) is 55.1 Å². The lowest BCUT2D eigenvalue weighted by Gasteiger charge is -2.08. The zero-order valence-electron chi connectivity index (χ0n) is 9.52. The van der Waals surface area contributed by atoms with Gasteiger partial charge in [0.15, 0.2) is 0 Å². The Bertz CT molecular complexity index is 608. The third-order valence-electron chi connectivity index (χ3n) is 2.57. The van der Waals surface area contributed by atoms with E-state index in [2.05, 4.69) is 5.10 Å². The van der Waals surface area contributed by atoms with E-state index < -0.39 is 5.97 Å². The molecule has 1 aromatic carbocycles. The van der Waals surface area contributed by atoms with E-state index in [1.54, 1.807) is 18.2 Å². The normalized spacial score (nSPS) is 10.6. The summed E-state index contributed by atoms with van der Waals surface area (Å²) in [7, 11) is 0. The molecule has 6 heteroatoms. The zero-order chi connectivity index (χ0) is 13.3. The van der Waals surface area contributed by atoms with Crippen molar-refractivity contribution in [2.45, 2.75) is 13.3 Å². The molecule has 1 heterocycles. The highest BCUT2D eigenvalue weighted by atomic mass is 35.5. The van der Waals surface area contributed by atoms with E-state index in [9.17, 15) is 4.79 Å². The number of nitrogens with zero attached hydrogens (tertiary/aromatic N) is 2. The second-order valence-corrected chi connectivity index (χ2v) is 4.51. The van der Waals surface area contributed by atoms with Crippen molar-refractivity contribution in [3.63, 3.8) is 0 Å². The van der Waals surface area contributed by atoms with Crippen LogP contribution in [-0.4, -0.2) is 20.9 Å². The van der Waals surface area contributed by atoms with Crippen molar-refractivity contribution in [3.05, 3.63) is 45.7 Å². The largest absolute Gasteiger partial charge is 0.478 e. The maximum absolute atomic E-state index is 11.1. The Kier molecular flexibility index (Phi) is 3.59. The number of carboxylic acids is 1. The Hall–Kier alpha value is -1.52. The second kappa shape index (κ2) is 5.00. The fraction of sp³-hybridized carbons (Fsp3) is 0.167. The van der Waals surface area contributed by atoms with E-state index in [1.807, 2.05) is 6.92 Å². The van der Waals surface area contributed by atoms with Gasteiger partial charge in [-0.1, -0.05) is 30.1 Å². The van der Waals surface area contributed by atoms with Gasteiger partial charge in [0, 0.05) is 5.02 Å². The highest BCUT2D eigenvalue weighted by Crippen LogP contribution is 2.26. The van der Waals surface area contributed by atoms with Crippen molar-refractivity contribution in [2.24, 2.45) is 0 Å². The summed E-state index contributed by atoms with van der Waals surface area (Å²) in [4.78, 5) is 11.1. The number of aromatic nitrogens is 2. The number of hydrogen-bond donors (Lipinski definition) is 1. The summed E-state index contributed by atoms with van der Waals surface area (Å²) < 4.78 is 1.53. The predicted octanol–water partition coefficient (Wildman–Crippen LogP) is 3.44. The maximum atomic E-state index is 11.1. The first kappa shape index (κ1) is 12.9. The summed E-state index contributed by atoms with van der Waals surface area (Å²) in [6.07, 6.45) is 1.87. The van der Waals surface area contributed by atoms with Crippen LogP contribution in [0.3, 0.4) is 0 Å². The summed E-state index contributed by atoms with van der Waals surface area (Å²) in [6.45, 7) is 1.86. The highest BCUT2D eigenvalue weighted by Gasteiger charge is 2.17. The van der Waals surface area contributed by atoms with Crippen LogP contribution in [-0.2, 0) is 6.42 Å². The standard InChI is InChI=1S/C12H10Cl2N2O2/c1-2-10-8(12(17)18)6-15-16(10)11-4-3-7(13)5-9(11)14/h3-6H,2H2,1H3,(H,17,18). The minimum Gasteiger partial charge on any atom is -0.478 e. The van der Waals surface area contributed by atoms with Crippen molar-refractivity contribution < 1.29 is 9.90 Å². The predicted molar refractivity (Wildman–Crippen MR) is 69.9 cm³/mol. The van der Waals surface area contributed by atoms with Crippen molar-refractivity contribution in [2.75, 3.05) is 0 Å². The minimum atomic E-state index is -0.997. The van der Waals surface area contributed by atoms with Crippen LogP contribution >= 0.6 is 23.2 Å². The van der Waals surface area contributed by atoms with Crippen LogP contribution in [0.1, 0.15) is 23.0 Å². The van der Waals surface area contributed by atoms with Crippen molar-refractivity contribution in [3.8, 4) is 5.69 Å². The average molecular weight is 285 g/mol. The summed E-state index contributed by atoms with van der Waals surface area (Å²) >= 11 is 11.9. The number of halogens is 2. The monoisotopic (exact) mass is 284 g/mol.